The Morgan fingerprint density at radius 2 is 1.86 bits per heavy atom. The number of carbonyl (C=O) groups excluding carboxylic acids is 2. The van der Waals surface area contributed by atoms with E-state index < -0.39 is 0 Å². The van der Waals surface area contributed by atoms with Crippen LogP contribution < -0.4 is 10.6 Å². The van der Waals surface area contributed by atoms with Crippen LogP contribution in [0.1, 0.15) is 44.1 Å². The largest absolute Gasteiger partial charge is 0.350 e. The highest BCUT2D eigenvalue weighted by Crippen LogP contribution is 2.25. The number of hydrogen-bond acceptors (Lipinski definition) is 2. The third-order valence-electron chi connectivity index (χ3n) is 4.02. The van der Waals surface area contributed by atoms with E-state index in [4.69, 9.17) is 0 Å². The molecule has 5 heteroatoms. The van der Waals surface area contributed by atoms with Crippen molar-refractivity contribution in [3.63, 3.8) is 0 Å². The van der Waals surface area contributed by atoms with Crippen LogP contribution in [0.3, 0.4) is 0 Å². The summed E-state index contributed by atoms with van der Waals surface area (Å²) in [6, 6.07) is 7.78. The molecule has 0 atom stereocenters. The second-order valence-corrected chi connectivity index (χ2v) is 6.81. The van der Waals surface area contributed by atoms with Crippen LogP contribution in [-0.4, -0.2) is 18.4 Å². The van der Waals surface area contributed by atoms with E-state index in [1.54, 1.807) is 0 Å². The van der Waals surface area contributed by atoms with E-state index in [-0.39, 0.29) is 18.4 Å². The third-order valence-corrected chi connectivity index (χ3v) is 4.52. The number of amides is 2. The first-order valence-corrected chi connectivity index (χ1v) is 8.70. The van der Waals surface area contributed by atoms with Crippen LogP contribution in [0.5, 0.6) is 0 Å². The van der Waals surface area contributed by atoms with E-state index in [0.29, 0.717) is 18.9 Å². The van der Waals surface area contributed by atoms with Gasteiger partial charge in [-0.2, -0.15) is 0 Å². The maximum atomic E-state index is 11.8. The molecule has 0 unspecified atom stereocenters. The fraction of sp³-hybridized carbons (Fsp3) is 0.529. The Labute approximate surface area is 140 Å². The molecule has 1 fully saturated rings. The zero-order valence-electron chi connectivity index (χ0n) is 12.7. The van der Waals surface area contributed by atoms with Crippen molar-refractivity contribution >= 4 is 27.7 Å². The van der Waals surface area contributed by atoms with Crippen molar-refractivity contribution in [1.82, 2.24) is 10.6 Å². The van der Waals surface area contributed by atoms with Crippen LogP contribution in [0.25, 0.3) is 0 Å². The minimum absolute atomic E-state index is 0.00972. The molecule has 2 rings (SSSR count). The van der Waals surface area contributed by atoms with Crippen molar-refractivity contribution in [3.05, 3.63) is 34.3 Å². The van der Waals surface area contributed by atoms with Gasteiger partial charge in [-0.05, 0) is 36.5 Å². The topological polar surface area (TPSA) is 58.2 Å². The predicted molar refractivity (Wildman–Crippen MR) is 90.2 cm³/mol. The van der Waals surface area contributed by atoms with E-state index in [0.717, 1.165) is 22.9 Å². The molecule has 0 aliphatic heterocycles. The first kappa shape index (κ1) is 17.0. The summed E-state index contributed by atoms with van der Waals surface area (Å²) in [5.41, 5.74) is 1.02. The molecule has 1 saturated carbocycles. The Morgan fingerprint density at radius 1 is 1.09 bits per heavy atom. The van der Waals surface area contributed by atoms with Crippen LogP contribution in [0.15, 0.2) is 28.7 Å². The normalized spacial score (nSPS) is 15.3. The number of halogens is 1. The lowest BCUT2D eigenvalue weighted by atomic mass is 9.87. The molecule has 0 heterocycles. The van der Waals surface area contributed by atoms with Crippen LogP contribution in [0.4, 0.5) is 0 Å². The second kappa shape index (κ2) is 8.93. The second-order valence-electron chi connectivity index (χ2n) is 5.89. The average molecular weight is 367 g/mol. The standard InChI is InChI=1S/C17H23BrN2O2/c18-15-8-4-7-14(9-15)11-19-17(22)12-20-16(21)10-13-5-2-1-3-6-13/h4,7-9,13H,1-3,5-6,10-12H2,(H,19,22)(H,20,21). The average Bonchev–Trinajstić information content (AvgIpc) is 2.52. The van der Waals surface area contributed by atoms with Gasteiger partial charge in [-0.1, -0.05) is 47.3 Å². The molecule has 0 radical (unpaired) electrons. The Bertz CT molecular complexity index is 513. The monoisotopic (exact) mass is 366 g/mol. The fourth-order valence-electron chi connectivity index (χ4n) is 2.81. The van der Waals surface area contributed by atoms with Gasteiger partial charge in [-0.25, -0.2) is 0 Å². The van der Waals surface area contributed by atoms with Crippen LogP contribution in [-0.2, 0) is 16.1 Å². The summed E-state index contributed by atoms with van der Waals surface area (Å²) in [5.74, 6) is 0.333. The number of rotatable bonds is 6. The van der Waals surface area contributed by atoms with E-state index in [9.17, 15) is 9.59 Å². The molecule has 1 aromatic carbocycles. The highest BCUT2D eigenvalue weighted by atomic mass is 79.9. The van der Waals surface area contributed by atoms with Crippen LogP contribution in [0, 0.1) is 5.92 Å². The van der Waals surface area contributed by atoms with Gasteiger partial charge in [0.1, 0.15) is 0 Å². The van der Waals surface area contributed by atoms with Crippen molar-refractivity contribution in [3.8, 4) is 0 Å². The summed E-state index contributed by atoms with van der Waals surface area (Å²) in [6.07, 6.45) is 6.58. The van der Waals surface area contributed by atoms with Gasteiger partial charge in [0.2, 0.25) is 11.8 Å². The maximum absolute atomic E-state index is 11.8. The van der Waals surface area contributed by atoms with Crippen molar-refractivity contribution in [1.29, 1.82) is 0 Å². The Hall–Kier alpha value is -1.36. The van der Waals surface area contributed by atoms with E-state index in [1.165, 1.54) is 19.3 Å². The van der Waals surface area contributed by atoms with Crippen molar-refractivity contribution in [2.45, 2.75) is 45.1 Å². The number of nitrogens with one attached hydrogen (secondary N) is 2. The lowest BCUT2D eigenvalue weighted by Crippen LogP contribution is -2.37. The molecular weight excluding hydrogens is 344 g/mol. The van der Waals surface area contributed by atoms with Crippen molar-refractivity contribution in [2.24, 2.45) is 5.92 Å². The molecule has 22 heavy (non-hydrogen) atoms. The first-order chi connectivity index (χ1) is 10.6. The molecule has 2 N–H and O–H groups in total. The number of benzene rings is 1. The molecule has 1 aliphatic rings. The summed E-state index contributed by atoms with van der Waals surface area (Å²) in [5, 5.41) is 5.53. The molecule has 0 bridgehead atoms. The van der Waals surface area contributed by atoms with Gasteiger partial charge in [0.25, 0.3) is 0 Å². The summed E-state index contributed by atoms with van der Waals surface area (Å²) in [6.45, 7) is 0.524. The van der Waals surface area contributed by atoms with Crippen molar-refractivity contribution < 1.29 is 9.59 Å². The minimum atomic E-state index is -0.156. The van der Waals surface area contributed by atoms with Gasteiger partial charge in [0.05, 0.1) is 6.54 Å². The quantitative estimate of drug-likeness (QED) is 0.812. The van der Waals surface area contributed by atoms with E-state index in [1.807, 2.05) is 24.3 Å². The number of hydrogen-bond donors (Lipinski definition) is 2. The Balaban J connectivity index is 1.63. The summed E-state index contributed by atoms with van der Waals surface area (Å²) in [7, 11) is 0. The lowest BCUT2D eigenvalue weighted by Gasteiger charge is -2.20. The fourth-order valence-corrected chi connectivity index (χ4v) is 3.26. The maximum Gasteiger partial charge on any atom is 0.239 e. The zero-order valence-corrected chi connectivity index (χ0v) is 14.3. The molecular formula is C17H23BrN2O2. The van der Waals surface area contributed by atoms with E-state index in [2.05, 4.69) is 26.6 Å². The molecule has 0 spiro atoms. The molecule has 0 aromatic heterocycles. The smallest absolute Gasteiger partial charge is 0.239 e. The molecule has 4 nitrogen and oxygen atoms in total. The van der Waals surface area contributed by atoms with Crippen LogP contribution >= 0.6 is 15.9 Å². The van der Waals surface area contributed by atoms with Crippen molar-refractivity contribution in [2.75, 3.05) is 6.54 Å². The Kier molecular flexibility index (Phi) is 6.90. The minimum Gasteiger partial charge on any atom is -0.350 e. The molecule has 1 aliphatic carbocycles. The highest BCUT2D eigenvalue weighted by Gasteiger charge is 2.17. The predicted octanol–water partition coefficient (Wildman–Crippen LogP) is 3.15. The van der Waals surface area contributed by atoms with Gasteiger partial charge >= 0.3 is 0 Å². The van der Waals surface area contributed by atoms with Gasteiger partial charge in [-0.15, -0.1) is 0 Å². The molecule has 120 valence electrons. The molecule has 2 amide bonds. The lowest BCUT2D eigenvalue weighted by molar-refractivity contribution is -0.126. The van der Waals surface area contributed by atoms with Gasteiger partial charge in [0.15, 0.2) is 0 Å². The zero-order chi connectivity index (χ0) is 15.8. The molecule has 0 saturated heterocycles. The Morgan fingerprint density at radius 3 is 2.59 bits per heavy atom. The number of carbonyl (C=O) groups is 2. The SMILES string of the molecule is O=C(CNC(=O)CC1CCCCC1)NCc1cccc(Br)c1. The summed E-state index contributed by atoms with van der Waals surface area (Å²) >= 11 is 3.40. The summed E-state index contributed by atoms with van der Waals surface area (Å²) in [4.78, 5) is 23.6. The molecule has 1 aromatic rings. The van der Waals surface area contributed by atoms with Crippen LogP contribution in [0.2, 0.25) is 0 Å². The van der Waals surface area contributed by atoms with Gasteiger partial charge in [0, 0.05) is 17.4 Å². The highest BCUT2D eigenvalue weighted by molar-refractivity contribution is 9.10. The van der Waals surface area contributed by atoms with E-state index >= 15 is 0 Å². The van der Waals surface area contributed by atoms with Gasteiger partial charge in [-0.3, -0.25) is 9.59 Å². The third kappa shape index (κ3) is 6.18. The first-order valence-electron chi connectivity index (χ1n) is 7.91. The van der Waals surface area contributed by atoms with Gasteiger partial charge < -0.3 is 10.6 Å². The summed E-state index contributed by atoms with van der Waals surface area (Å²) < 4.78 is 0.986.